The molecule has 0 atom stereocenters. The van der Waals surface area contributed by atoms with Crippen molar-refractivity contribution in [3.63, 3.8) is 0 Å². The molecule has 0 saturated heterocycles. The predicted molar refractivity (Wildman–Crippen MR) is 43.6 cm³/mol. The Morgan fingerprint density at radius 3 is 1.79 bits per heavy atom. The average molecular weight is 280 g/mol. The summed E-state index contributed by atoms with van der Waals surface area (Å²) >= 11 is 5.46. The molecule has 8 heteroatoms. The molecule has 14 heavy (non-hydrogen) atoms. The molecular weight excluding hydrogens is 275 g/mol. The molecule has 0 aliphatic rings. The van der Waals surface area contributed by atoms with Gasteiger partial charge in [-0.05, 0) is 12.1 Å². The van der Waals surface area contributed by atoms with Crippen LogP contribution in [0.4, 0.5) is 0 Å². The van der Waals surface area contributed by atoms with Gasteiger partial charge in [0, 0.05) is 10.4 Å². The van der Waals surface area contributed by atoms with E-state index in [-0.39, 0.29) is 22.8 Å². The van der Waals surface area contributed by atoms with Crippen LogP contribution in [-0.4, -0.2) is 22.6 Å². The molecule has 1 N–H and O–H groups in total. The summed E-state index contributed by atoms with van der Waals surface area (Å²) in [7, 11) is -5.17. The van der Waals surface area contributed by atoms with E-state index in [9.17, 15) is 0 Å². The molecule has 1 aromatic rings. The van der Waals surface area contributed by atoms with E-state index in [1.807, 2.05) is 0 Å². The standard InChI is InChI=1S/C6H5ClO.Fe.H2O4S/c7-5-3-1-2-4-6(5)8;;1-5(2,3)4/h1-4,8H;;(H2,1,2,3,4)/q;+2;/p-2. The van der Waals surface area contributed by atoms with Gasteiger partial charge in [0.25, 0.3) is 0 Å². The number of phenolic OH excluding ortho intramolecular Hbond substituents is 1. The Labute approximate surface area is 96.8 Å². The summed E-state index contributed by atoms with van der Waals surface area (Å²) in [5, 5.41) is 9.18. The summed E-state index contributed by atoms with van der Waals surface area (Å²) in [6.07, 6.45) is 0. The minimum absolute atomic E-state index is 0. The number of para-hydroxylation sites is 1. The van der Waals surface area contributed by atoms with Gasteiger partial charge < -0.3 is 14.2 Å². The van der Waals surface area contributed by atoms with Gasteiger partial charge in [-0.2, -0.15) is 0 Å². The van der Waals surface area contributed by atoms with E-state index in [1.54, 1.807) is 24.3 Å². The van der Waals surface area contributed by atoms with Gasteiger partial charge in [0.1, 0.15) is 5.75 Å². The summed E-state index contributed by atoms with van der Waals surface area (Å²) in [4.78, 5) is 0. The largest absolute Gasteiger partial charge is 2.00 e. The van der Waals surface area contributed by atoms with Gasteiger partial charge in [-0.3, -0.25) is 8.42 Å². The SMILES string of the molecule is O=S(=O)([O-])[O-].Oc1ccccc1Cl.[Fe+2]. The van der Waals surface area contributed by atoms with E-state index in [0.29, 0.717) is 5.02 Å². The zero-order valence-corrected chi connectivity index (χ0v) is 9.21. The minimum Gasteiger partial charge on any atom is -0.759 e. The number of halogens is 1. The van der Waals surface area contributed by atoms with Crippen molar-refractivity contribution in [1.29, 1.82) is 0 Å². The topological polar surface area (TPSA) is 100 Å². The van der Waals surface area contributed by atoms with E-state index >= 15 is 0 Å². The Bertz CT molecular complexity index is 337. The molecule has 0 amide bonds. The molecule has 0 fully saturated rings. The second-order valence-electron chi connectivity index (χ2n) is 1.86. The quantitative estimate of drug-likeness (QED) is 0.428. The smallest absolute Gasteiger partial charge is 0.759 e. The van der Waals surface area contributed by atoms with Crippen LogP contribution in [0.25, 0.3) is 0 Å². The molecule has 0 aliphatic carbocycles. The molecule has 0 spiro atoms. The Balaban J connectivity index is 0. The first-order chi connectivity index (χ1) is 5.80. The number of rotatable bonds is 0. The zero-order valence-electron chi connectivity index (χ0n) is 6.53. The Kier molecular flexibility index (Phi) is 8.13. The van der Waals surface area contributed by atoms with Gasteiger partial charge in [-0.25, -0.2) is 0 Å². The molecular formula is C6H5ClFeO5S. The van der Waals surface area contributed by atoms with Crippen molar-refractivity contribution < 1.29 is 39.7 Å². The van der Waals surface area contributed by atoms with Crippen LogP contribution in [0.2, 0.25) is 5.02 Å². The van der Waals surface area contributed by atoms with Crippen LogP contribution >= 0.6 is 11.6 Å². The number of phenols is 1. The second-order valence-corrected chi connectivity index (χ2v) is 3.08. The zero-order chi connectivity index (χ0) is 10.5. The molecule has 5 nitrogen and oxygen atoms in total. The number of hydrogen-bond acceptors (Lipinski definition) is 5. The third-order valence-corrected chi connectivity index (χ3v) is 1.17. The molecule has 0 radical (unpaired) electrons. The maximum Gasteiger partial charge on any atom is 2.00 e. The van der Waals surface area contributed by atoms with E-state index < -0.39 is 10.4 Å². The summed E-state index contributed by atoms with van der Waals surface area (Å²) in [6.45, 7) is 0. The van der Waals surface area contributed by atoms with E-state index in [4.69, 9.17) is 34.2 Å². The van der Waals surface area contributed by atoms with E-state index in [0.717, 1.165) is 0 Å². The molecule has 80 valence electrons. The minimum atomic E-state index is -5.17. The number of benzene rings is 1. The normalized spacial score (nSPS) is 9.36. The molecule has 0 aliphatic heterocycles. The van der Waals surface area contributed by atoms with Crippen LogP contribution in [0.5, 0.6) is 5.75 Å². The first-order valence-corrected chi connectivity index (χ1v) is 4.62. The third kappa shape index (κ3) is 11.7. The first-order valence-electron chi connectivity index (χ1n) is 2.91. The van der Waals surface area contributed by atoms with Crippen LogP contribution in [0.1, 0.15) is 0 Å². The monoisotopic (exact) mass is 280 g/mol. The van der Waals surface area contributed by atoms with E-state index in [1.165, 1.54) is 0 Å². The van der Waals surface area contributed by atoms with Crippen LogP contribution in [-0.2, 0) is 27.5 Å². The molecule has 0 aromatic heterocycles. The van der Waals surface area contributed by atoms with Gasteiger partial charge >= 0.3 is 17.1 Å². The maximum atomic E-state index is 8.79. The number of aromatic hydroxyl groups is 1. The van der Waals surface area contributed by atoms with Crippen molar-refractivity contribution in [2.45, 2.75) is 0 Å². The fourth-order valence-corrected chi connectivity index (χ4v) is 0.587. The van der Waals surface area contributed by atoms with Crippen molar-refractivity contribution in [2.24, 2.45) is 0 Å². The van der Waals surface area contributed by atoms with Crippen LogP contribution in [0, 0.1) is 0 Å². The second kappa shape index (κ2) is 7.05. The van der Waals surface area contributed by atoms with Crippen LogP contribution in [0.15, 0.2) is 24.3 Å². The Morgan fingerprint density at radius 2 is 1.57 bits per heavy atom. The van der Waals surface area contributed by atoms with Gasteiger partial charge in [-0.15, -0.1) is 0 Å². The molecule has 1 rings (SSSR count). The summed E-state index contributed by atoms with van der Waals surface area (Å²) < 4.78 is 34.1. The van der Waals surface area contributed by atoms with Gasteiger partial charge in [-0.1, -0.05) is 23.7 Å². The molecule has 0 unspecified atom stereocenters. The Morgan fingerprint density at radius 1 is 1.21 bits per heavy atom. The molecule has 1 aromatic carbocycles. The van der Waals surface area contributed by atoms with Crippen molar-refractivity contribution in [3.8, 4) is 5.75 Å². The molecule has 0 bridgehead atoms. The first kappa shape index (κ1) is 16.1. The van der Waals surface area contributed by atoms with Gasteiger partial charge in [0.2, 0.25) is 0 Å². The average Bonchev–Trinajstić information content (AvgIpc) is 1.92. The van der Waals surface area contributed by atoms with Crippen molar-refractivity contribution in [1.82, 2.24) is 0 Å². The third-order valence-electron chi connectivity index (χ3n) is 0.852. The van der Waals surface area contributed by atoms with Gasteiger partial charge in [0.15, 0.2) is 0 Å². The van der Waals surface area contributed by atoms with Crippen molar-refractivity contribution >= 4 is 22.0 Å². The van der Waals surface area contributed by atoms with Crippen molar-refractivity contribution in [3.05, 3.63) is 29.3 Å². The summed E-state index contributed by atoms with van der Waals surface area (Å²) in [6, 6.07) is 6.67. The maximum absolute atomic E-state index is 8.79. The Hall–Kier alpha value is -0.301. The van der Waals surface area contributed by atoms with Crippen LogP contribution < -0.4 is 0 Å². The van der Waals surface area contributed by atoms with Crippen LogP contribution in [0.3, 0.4) is 0 Å². The van der Waals surface area contributed by atoms with Crippen molar-refractivity contribution in [2.75, 3.05) is 0 Å². The summed E-state index contributed by atoms with van der Waals surface area (Å²) in [5.74, 6) is 0.133. The summed E-state index contributed by atoms with van der Waals surface area (Å²) in [5.41, 5.74) is 0. The fourth-order valence-electron chi connectivity index (χ4n) is 0.452. The predicted octanol–water partition coefficient (Wildman–Crippen LogP) is 0.705. The van der Waals surface area contributed by atoms with E-state index in [2.05, 4.69) is 0 Å². The van der Waals surface area contributed by atoms with Gasteiger partial charge in [0.05, 0.1) is 5.02 Å². The molecule has 0 saturated carbocycles. The number of hydrogen-bond donors (Lipinski definition) is 1. The molecule has 0 heterocycles. The fraction of sp³-hybridized carbons (Fsp3) is 0.